The highest BCUT2D eigenvalue weighted by molar-refractivity contribution is 7.99. The molecule has 0 fully saturated rings. The molecule has 2 nitrogen and oxygen atoms in total. The fourth-order valence-electron chi connectivity index (χ4n) is 2.67. The molecule has 1 aromatic carbocycles. The molecule has 0 saturated carbocycles. The van der Waals surface area contributed by atoms with Gasteiger partial charge in [0.1, 0.15) is 0 Å². The Labute approximate surface area is 127 Å². The van der Waals surface area contributed by atoms with Crippen molar-refractivity contribution in [3.8, 4) is 0 Å². The Morgan fingerprint density at radius 3 is 2.95 bits per heavy atom. The van der Waals surface area contributed by atoms with Gasteiger partial charge in [0.25, 0.3) is 0 Å². The molecule has 0 radical (unpaired) electrons. The number of hydrogen-bond acceptors (Lipinski definition) is 3. The number of aliphatic hydroxyl groups excluding tert-OH is 1. The highest BCUT2D eigenvalue weighted by Crippen LogP contribution is 2.27. The molecule has 1 unspecified atom stereocenters. The highest BCUT2D eigenvalue weighted by atomic mass is 32.2. The van der Waals surface area contributed by atoms with Crippen LogP contribution in [0.15, 0.2) is 24.3 Å². The summed E-state index contributed by atoms with van der Waals surface area (Å²) in [4.78, 5) is 0. The lowest BCUT2D eigenvalue weighted by Crippen LogP contribution is -2.26. The Kier molecular flexibility index (Phi) is 5.94. The van der Waals surface area contributed by atoms with Crippen molar-refractivity contribution in [1.82, 2.24) is 5.32 Å². The smallest absolute Gasteiger partial charge is 0.0482 e. The van der Waals surface area contributed by atoms with Crippen LogP contribution in [-0.2, 0) is 6.42 Å². The molecule has 1 atom stereocenters. The van der Waals surface area contributed by atoms with E-state index in [0.29, 0.717) is 6.04 Å². The molecule has 1 heterocycles. The van der Waals surface area contributed by atoms with E-state index in [2.05, 4.69) is 43.4 Å². The van der Waals surface area contributed by atoms with Gasteiger partial charge in [-0.25, -0.2) is 0 Å². The largest absolute Gasteiger partial charge is 0.396 e. The van der Waals surface area contributed by atoms with E-state index in [1.807, 2.05) is 11.8 Å². The van der Waals surface area contributed by atoms with Crippen molar-refractivity contribution in [2.45, 2.75) is 39.2 Å². The SMILES string of the molecule is CC(C)(CO)CCCNC1CSCCc2ccccc21. The number of thioether (sulfide) groups is 1. The number of benzene rings is 1. The number of aryl methyl sites for hydroxylation is 1. The number of rotatable bonds is 6. The summed E-state index contributed by atoms with van der Waals surface area (Å²) in [6.07, 6.45) is 3.38. The summed E-state index contributed by atoms with van der Waals surface area (Å²) in [5, 5.41) is 13.0. The van der Waals surface area contributed by atoms with Crippen molar-refractivity contribution >= 4 is 11.8 Å². The van der Waals surface area contributed by atoms with Crippen LogP contribution in [0.2, 0.25) is 0 Å². The molecule has 2 rings (SSSR count). The van der Waals surface area contributed by atoms with E-state index in [-0.39, 0.29) is 12.0 Å². The van der Waals surface area contributed by atoms with Crippen LogP contribution in [0.3, 0.4) is 0 Å². The fraction of sp³-hybridized carbons (Fsp3) is 0.647. The van der Waals surface area contributed by atoms with Gasteiger partial charge in [-0.1, -0.05) is 38.1 Å². The lowest BCUT2D eigenvalue weighted by Gasteiger charge is -2.23. The summed E-state index contributed by atoms with van der Waals surface area (Å²) in [7, 11) is 0. The van der Waals surface area contributed by atoms with E-state index < -0.39 is 0 Å². The molecular formula is C17H27NOS. The predicted molar refractivity (Wildman–Crippen MR) is 88.3 cm³/mol. The topological polar surface area (TPSA) is 32.3 Å². The van der Waals surface area contributed by atoms with E-state index in [4.69, 9.17) is 0 Å². The molecule has 2 N–H and O–H groups in total. The van der Waals surface area contributed by atoms with E-state index >= 15 is 0 Å². The summed E-state index contributed by atoms with van der Waals surface area (Å²) in [6.45, 7) is 5.56. The number of fused-ring (bicyclic) bond motifs is 1. The third-order valence-electron chi connectivity index (χ3n) is 4.08. The molecular weight excluding hydrogens is 266 g/mol. The van der Waals surface area contributed by atoms with Gasteiger partial charge in [0.05, 0.1) is 0 Å². The molecule has 1 aliphatic rings. The minimum Gasteiger partial charge on any atom is -0.396 e. The molecule has 0 aliphatic carbocycles. The van der Waals surface area contributed by atoms with Crippen molar-refractivity contribution in [1.29, 1.82) is 0 Å². The first-order chi connectivity index (χ1) is 9.62. The van der Waals surface area contributed by atoms with Crippen molar-refractivity contribution in [2.75, 3.05) is 24.7 Å². The Morgan fingerprint density at radius 1 is 1.35 bits per heavy atom. The third kappa shape index (κ3) is 4.51. The van der Waals surface area contributed by atoms with Gasteiger partial charge in [0, 0.05) is 18.4 Å². The zero-order valence-corrected chi connectivity index (χ0v) is 13.5. The van der Waals surface area contributed by atoms with Crippen LogP contribution in [0.1, 0.15) is 43.9 Å². The molecule has 0 bridgehead atoms. The average Bonchev–Trinajstić information content (AvgIpc) is 2.66. The first kappa shape index (κ1) is 15.9. The van der Waals surface area contributed by atoms with Gasteiger partial charge in [-0.3, -0.25) is 0 Å². The van der Waals surface area contributed by atoms with Gasteiger partial charge >= 0.3 is 0 Å². The minimum atomic E-state index is 0.0534. The summed E-state index contributed by atoms with van der Waals surface area (Å²) in [5.74, 6) is 2.40. The van der Waals surface area contributed by atoms with Crippen LogP contribution in [0.4, 0.5) is 0 Å². The van der Waals surface area contributed by atoms with Gasteiger partial charge in [-0.05, 0) is 48.1 Å². The molecule has 1 aromatic rings. The maximum absolute atomic E-state index is 9.29. The van der Waals surface area contributed by atoms with E-state index in [0.717, 1.165) is 19.4 Å². The maximum atomic E-state index is 9.29. The molecule has 3 heteroatoms. The van der Waals surface area contributed by atoms with Crippen molar-refractivity contribution < 1.29 is 5.11 Å². The second-order valence-corrected chi connectivity index (χ2v) is 7.61. The Bertz CT molecular complexity index is 419. The predicted octanol–water partition coefficient (Wildman–Crippen LogP) is 3.41. The van der Waals surface area contributed by atoms with Gasteiger partial charge in [0.15, 0.2) is 0 Å². The van der Waals surface area contributed by atoms with Crippen molar-refractivity contribution in [3.05, 3.63) is 35.4 Å². The zero-order valence-electron chi connectivity index (χ0n) is 12.7. The van der Waals surface area contributed by atoms with Crippen LogP contribution in [0.25, 0.3) is 0 Å². The highest BCUT2D eigenvalue weighted by Gasteiger charge is 2.19. The van der Waals surface area contributed by atoms with Crippen LogP contribution in [-0.4, -0.2) is 29.8 Å². The van der Waals surface area contributed by atoms with Gasteiger partial charge in [-0.2, -0.15) is 11.8 Å². The standard InChI is InChI=1S/C17H27NOS/c1-17(2,13-19)9-5-10-18-16-12-20-11-8-14-6-3-4-7-15(14)16/h3-4,6-7,16,18-19H,5,8-13H2,1-2H3. The molecule has 1 aliphatic heterocycles. The van der Waals surface area contributed by atoms with Crippen LogP contribution >= 0.6 is 11.8 Å². The number of hydrogen-bond donors (Lipinski definition) is 2. The summed E-state index contributed by atoms with van der Waals surface area (Å²) >= 11 is 2.05. The average molecular weight is 293 g/mol. The third-order valence-corrected chi connectivity index (χ3v) is 5.14. The van der Waals surface area contributed by atoms with E-state index in [9.17, 15) is 5.11 Å². The van der Waals surface area contributed by atoms with Gasteiger partial charge in [-0.15, -0.1) is 0 Å². The van der Waals surface area contributed by atoms with Gasteiger partial charge < -0.3 is 10.4 Å². The second-order valence-electron chi connectivity index (χ2n) is 6.46. The summed E-state index contributed by atoms with van der Waals surface area (Å²) < 4.78 is 0. The lowest BCUT2D eigenvalue weighted by atomic mass is 9.89. The number of nitrogens with one attached hydrogen (secondary N) is 1. The molecule has 0 saturated heterocycles. The second kappa shape index (κ2) is 7.48. The van der Waals surface area contributed by atoms with Gasteiger partial charge in [0.2, 0.25) is 0 Å². The normalized spacial score (nSPS) is 19.4. The van der Waals surface area contributed by atoms with E-state index in [1.54, 1.807) is 0 Å². The van der Waals surface area contributed by atoms with Crippen molar-refractivity contribution in [2.24, 2.45) is 5.41 Å². The van der Waals surface area contributed by atoms with Crippen LogP contribution in [0, 0.1) is 5.41 Å². The minimum absolute atomic E-state index is 0.0534. The molecule has 0 amide bonds. The Morgan fingerprint density at radius 2 is 2.15 bits per heavy atom. The first-order valence-electron chi connectivity index (χ1n) is 7.62. The zero-order chi connectivity index (χ0) is 14.4. The summed E-state index contributed by atoms with van der Waals surface area (Å²) in [6, 6.07) is 9.32. The number of aliphatic hydroxyl groups is 1. The molecule has 112 valence electrons. The maximum Gasteiger partial charge on any atom is 0.0482 e. The molecule has 20 heavy (non-hydrogen) atoms. The Balaban J connectivity index is 1.87. The monoisotopic (exact) mass is 293 g/mol. The van der Waals surface area contributed by atoms with E-state index in [1.165, 1.54) is 29.1 Å². The Hall–Kier alpha value is -0.510. The first-order valence-corrected chi connectivity index (χ1v) is 8.78. The van der Waals surface area contributed by atoms with Crippen LogP contribution in [0.5, 0.6) is 0 Å². The summed E-state index contributed by atoms with van der Waals surface area (Å²) in [5.41, 5.74) is 3.04. The van der Waals surface area contributed by atoms with Crippen LogP contribution < -0.4 is 5.32 Å². The molecule has 0 aromatic heterocycles. The molecule has 0 spiro atoms. The fourth-order valence-corrected chi connectivity index (χ4v) is 3.73. The lowest BCUT2D eigenvalue weighted by molar-refractivity contribution is 0.147. The quantitative estimate of drug-likeness (QED) is 0.788. The van der Waals surface area contributed by atoms with Crippen molar-refractivity contribution in [3.63, 3.8) is 0 Å².